The van der Waals surface area contributed by atoms with Crippen LogP contribution in [0.5, 0.6) is 0 Å². The lowest BCUT2D eigenvalue weighted by Gasteiger charge is -2.13. The number of aromatic nitrogens is 1. The minimum Gasteiger partial charge on any atom is -0.464 e. The maximum absolute atomic E-state index is 13.2. The Hall–Kier alpha value is -2.37. The van der Waals surface area contributed by atoms with Gasteiger partial charge in [-0.2, -0.15) is 0 Å². The summed E-state index contributed by atoms with van der Waals surface area (Å²) >= 11 is 0. The van der Waals surface area contributed by atoms with Gasteiger partial charge in [0.05, 0.1) is 17.8 Å². The van der Waals surface area contributed by atoms with Crippen molar-refractivity contribution in [1.29, 1.82) is 0 Å². The monoisotopic (exact) mass is 277 g/mol. The van der Waals surface area contributed by atoms with Crippen molar-refractivity contribution >= 4 is 11.7 Å². The Balaban J connectivity index is 2.18. The summed E-state index contributed by atoms with van der Waals surface area (Å²) in [4.78, 5) is 16.0. The Morgan fingerprint density at radius 1 is 1.45 bits per heavy atom. The van der Waals surface area contributed by atoms with Gasteiger partial charge in [-0.25, -0.2) is 9.37 Å². The normalized spacial score (nSPS) is 12.0. The predicted molar refractivity (Wildman–Crippen MR) is 73.1 cm³/mol. The largest absolute Gasteiger partial charge is 0.464 e. The summed E-state index contributed by atoms with van der Waals surface area (Å²) in [5.74, 6) is 0.765. The summed E-state index contributed by atoms with van der Waals surface area (Å²) in [5.41, 5.74) is 0.155. The highest BCUT2D eigenvalue weighted by Gasteiger charge is 2.17. The lowest BCUT2D eigenvalue weighted by atomic mass is 10.2. The standard InChI is InChI=1S/C14H16FN3O2/c1-8-4-5-12(20-8)9(2)18-14(19)11-6-10(15)7-17-13(11)16-3/h4-7,9H,1-3H3,(H,16,17)(H,18,19). The summed E-state index contributed by atoms with van der Waals surface area (Å²) in [6.45, 7) is 3.62. The first-order valence-corrected chi connectivity index (χ1v) is 6.21. The number of pyridine rings is 1. The van der Waals surface area contributed by atoms with E-state index in [4.69, 9.17) is 4.42 Å². The SMILES string of the molecule is CNc1ncc(F)cc1C(=O)NC(C)c1ccc(C)o1. The van der Waals surface area contributed by atoms with Gasteiger partial charge < -0.3 is 15.1 Å². The van der Waals surface area contributed by atoms with E-state index in [0.717, 1.165) is 18.0 Å². The zero-order valence-electron chi connectivity index (χ0n) is 11.5. The van der Waals surface area contributed by atoms with Crippen LogP contribution in [0.2, 0.25) is 0 Å². The third kappa shape index (κ3) is 2.96. The molecule has 20 heavy (non-hydrogen) atoms. The molecular weight excluding hydrogens is 261 g/mol. The third-order valence-corrected chi connectivity index (χ3v) is 2.87. The molecule has 2 heterocycles. The van der Waals surface area contributed by atoms with Crippen molar-refractivity contribution in [2.24, 2.45) is 0 Å². The highest BCUT2D eigenvalue weighted by atomic mass is 19.1. The zero-order valence-corrected chi connectivity index (χ0v) is 11.5. The number of hydrogen-bond donors (Lipinski definition) is 2. The van der Waals surface area contributed by atoms with E-state index in [0.29, 0.717) is 11.6 Å². The number of carbonyl (C=O) groups excluding carboxylic acids is 1. The molecule has 2 rings (SSSR count). The molecule has 1 amide bonds. The van der Waals surface area contributed by atoms with Gasteiger partial charge >= 0.3 is 0 Å². The number of rotatable bonds is 4. The van der Waals surface area contributed by atoms with Crippen LogP contribution in [0.15, 0.2) is 28.8 Å². The molecule has 0 spiro atoms. The smallest absolute Gasteiger partial charge is 0.255 e. The van der Waals surface area contributed by atoms with Crippen molar-refractivity contribution in [3.8, 4) is 0 Å². The van der Waals surface area contributed by atoms with E-state index in [-0.39, 0.29) is 11.6 Å². The van der Waals surface area contributed by atoms with Crippen LogP contribution in [-0.4, -0.2) is 17.9 Å². The van der Waals surface area contributed by atoms with Crippen LogP contribution < -0.4 is 10.6 Å². The number of nitrogens with one attached hydrogen (secondary N) is 2. The van der Waals surface area contributed by atoms with E-state index in [1.165, 1.54) is 0 Å². The molecule has 2 aromatic rings. The second-order valence-corrected chi connectivity index (χ2v) is 4.44. The maximum Gasteiger partial charge on any atom is 0.255 e. The fraction of sp³-hybridized carbons (Fsp3) is 0.286. The first kappa shape index (κ1) is 14.0. The third-order valence-electron chi connectivity index (χ3n) is 2.87. The van der Waals surface area contributed by atoms with Crippen molar-refractivity contribution in [3.63, 3.8) is 0 Å². The Kier molecular flexibility index (Phi) is 4.02. The fourth-order valence-corrected chi connectivity index (χ4v) is 1.84. The molecule has 2 N–H and O–H groups in total. The molecule has 0 radical (unpaired) electrons. The fourth-order valence-electron chi connectivity index (χ4n) is 1.84. The molecular formula is C14H16FN3O2. The van der Waals surface area contributed by atoms with Crippen molar-refractivity contribution in [1.82, 2.24) is 10.3 Å². The predicted octanol–water partition coefficient (Wildman–Crippen LogP) is 2.65. The summed E-state index contributed by atoms with van der Waals surface area (Å²) in [6, 6.07) is 4.45. The molecule has 0 aromatic carbocycles. The molecule has 0 bridgehead atoms. The van der Waals surface area contributed by atoms with Gasteiger partial charge in [-0.1, -0.05) is 0 Å². The number of furan rings is 1. The minimum atomic E-state index is -0.560. The minimum absolute atomic E-state index is 0.155. The Morgan fingerprint density at radius 2 is 2.20 bits per heavy atom. The van der Waals surface area contributed by atoms with Crippen LogP contribution in [0.4, 0.5) is 10.2 Å². The van der Waals surface area contributed by atoms with Gasteiger partial charge in [0.15, 0.2) is 0 Å². The van der Waals surface area contributed by atoms with E-state index in [1.54, 1.807) is 20.0 Å². The number of hydrogen-bond acceptors (Lipinski definition) is 4. The number of anilines is 1. The Morgan fingerprint density at radius 3 is 2.80 bits per heavy atom. The summed E-state index contributed by atoms with van der Waals surface area (Å²) < 4.78 is 18.7. The summed E-state index contributed by atoms with van der Waals surface area (Å²) in [7, 11) is 1.62. The number of nitrogens with zero attached hydrogens (tertiary/aromatic N) is 1. The lowest BCUT2D eigenvalue weighted by Crippen LogP contribution is -2.27. The molecule has 2 aromatic heterocycles. The molecule has 0 fully saturated rings. The summed E-state index contributed by atoms with van der Waals surface area (Å²) in [6.07, 6.45) is 1.06. The van der Waals surface area contributed by atoms with E-state index >= 15 is 0 Å². The van der Waals surface area contributed by atoms with Crippen LogP contribution in [0.25, 0.3) is 0 Å². The van der Waals surface area contributed by atoms with Crippen LogP contribution in [0, 0.1) is 12.7 Å². The van der Waals surface area contributed by atoms with Crippen LogP contribution >= 0.6 is 0 Å². The molecule has 0 aliphatic heterocycles. The highest BCUT2D eigenvalue weighted by Crippen LogP contribution is 2.18. The van der Waals surface area contributed by atoms with Crippen molar-refractivity contribution in [3.05, 3.63) is 47.3 Å². The number of halogens is 1. The van der Waals surface area contributed by atoms with Gasteiger partial charge in [-0.15, -0.1) is 0 Å². The van der Waals surface area contributed by atoms with Gasteiger partial charge in [0, 0.05) is 7.05 Å². The molecule has 0 saturated heterocycles. The topological polar surface area (TPSA) is 67.2 Å². The first-order chi connectivity index (χ1) is 9.51. The van der Waals surface area contributed by atoms with Gasteiger partial charge in [0.25, 0.3) is 5.91 Å². The number of carbonyl (C=O) groups is 1. The molecule has 0 saturated carbocycles. The molecule has 0 aliphatic carbocycles. The Labute approximate surface area is 116 Å². The second kappa shape index (κ2) is 5.73. The molecule has 106 valence electrons. The zero-order chi connectivity index (χ0) is 14.7. The van der Waals surface area contributed by atoms with Gasteiger partial charge in [0.1, 0.15) is 23.2 Å². The van der Waals surface area contributed by atoms with E-state index in [2.05, 4.69) is 15.6 Å². The number of amides is 1. The van der Waals surface area contributed by atoms with Crippen LogP contribution in [-0.2, 0) is 0 Å². The van der Waals surface area contributed by atoms with Gasteiger partial charge in [0.2, 0.25) is 0 Å². The maximum atomic E-state index is 13.2. The first-order valence-electron chi connectivity index (χ1n) is 6.21. The molecule has 6 heteroatoms. The molecule has 1 unspecified atom stereocenters. The highest BCUT2D eigenvalue weighted by molar-refractivity contribution is 5.98. The van der Waals surface area contributed by atoms with Gasteiger partial charge in [-0.05, 0) is 32.0 Å². The van der Waals surface area contributed by atoms with E-state index in [1.807, 2.05) is 13.0 Å². The molecule has 1 atom stereocenters. The Bertz CT molecular complexity index is 625. The van der Waals surface area contributed by atoms with E-state index < -0.39 is 11.7 Å². The van der Waals surface area contributed by atoms with Crippen molar-refractivity contribution in [2.75, 3.05) is 12.4 Å². The quantitative estimate of drug-likeness (QED) is 0.901. The average Bonchev–Trinajstić information content (AvgIpc) is 2.85. The van der Waals surface area contributed by atoms with Crippen molar-refractivity contribution in [2.45, 2.75) is 19.9 Å². The molecule has 5 nitrogen and oxygen atoms in total. The van der Waals surface area contributed by atoms with E-state index in [9.17, 15) is 9.18 Å². The van der Waals surface area contributed by atoms with Crippen molar-refractivity contribution < 1.29 is 13.6 Å². The van der Waals surface area contributed by atoms with Gasteiger partial charge in [-0.3, -0.25) is 4.79 Å². The van der Waals surface area contributed by atoms with Crippen LogP contribution in [0.3, 0.4) is 0 Å². The average molecular weight is 277 g/mol. The lowest BCUT2D eigenvalue weighted by molar-refractivity contribution is 0.0935. The molecule has 0 aliphatic rings. The van der Waals surface area contributed by atoms with Crippen LogP contribution in [0.1, 0.15) is 34.8 Å². The summed E-state index contributed by atoms with van der Waals surface area (Å²) in [5, 5.41) is 5.51. The second-order valence-electron chi connectivity index (χ2n) is 4.44. The number of aryl methyl sites for hydroxylation is 1.